The molecular formula is C17H28N3O4+. The molecule has 0 fully saturated rings. The standard InChI is InChI=1S/C13H23N3.C4H4O4/c1-3-5-8-14-11-6-7-13-12(9-11)15-10-16(13)4-2;5-3(6)1-2-4(7)8/h10-11,14H,3-9H2,1-2H3;1-2H,(H,5,6)(H,7,8)/p+1/b;2-1+. The van der Waals surface area contributed by atoms with Crippen molar-refractivity contribution in [3.8, 4) is 0 Å². The minimum Gasteiger partial charge on any atom is -0.545 e. The summed E-state index contributed by atoms with van der Waals surface area (Å²) >= 11 is 0. The number of carbonyl (C=O) groups is 2. The number of quaternary nitrogens is 2. The fraction of sp³-hybridized carbons (Fsp3) is 0.588. The van der Waals surface area contributed by atoms with Crippen molar-refractivity contribution in [1.82, 2.24) is 0 Å². The van der Waals surface area contributed by atoms with E-state index in [-0.39, 0.29) is 0 Å². The van der Waals surface area contributed by atoms with Crippen LogP contribution in [0.2, 0.25) is 0 Å². The smallest absolute Gasteiger partial charge is 0.334 e. The van der Waals surface area contributed by atoms with E-state index in [1.54, 1.807) is 10.6 Å². The van der Waals surface area contributed by atoms with Crippen LogP contribution in [0, 0.1) is 0 Å². The second-order valence-electron chi connectivity index (χ2n) is 5.98. The highest BCUT2D eigenvalue weighted by atomic mass is 16.4. The van der Waals surface area contributed by atoms with E-state index in [1.165, 1.54) is 50.9 Å². The number of unbranched alkanes of at least 4 members (excludes halogenated alkanes) is 1. The van der Waals surface area contributed by atoms with Gasteiger partial charge < -0.3 is 25.1 Å². The third-order valence-corrected chi connectivity index (χ3v) is 4.20. The Bertz CT molecular complexity index is 510. The van der Waals surface area contributed by atoms with E-state index in [0.29, 0.717) is 12.2 Å². The SMILES string of the molecule is CCCC[NH2+]C1CCC2=C(C1)[NH+]=C[NH+]2CC.O=C([O-])/C=C/C(=O)[O-]. The number of carboxylic acids is 2. The van der Waals surface area contributed by atoms with Gasteiger partial charge in [-0.1, -0.05) is 13.3 Å². The summed E-state index contributed by atoms with van der Waals surface area (Å²) in [7, 11) is 0. The summed E-state index contributed by atoms with van der Waals surface area (Å²) in [6.07, 6.45) is 9.56. The van der Waals surface area contributed by atoms with Crippen LogP contribution in [0.3, 0.4) is 0 Å². The average Bonchev–Trinajstić information content (AvgIpc) is 2.96. The topological polar surface area (TPSA) is 115 Å². The van der Waals surface area contributed by atoms with Crippen LogP contribution >= 0.6 is 0 Å². The molecule has 2 unspecified atom stereocenters. The molecule has 0 spiro atoms. The Hall–Kier alpha value is -1.99. The van der Waals surface area contributed by atoms with Crippen LogP contribution in [0.1, 0.15) is 46.0 Å². The van der Waals surface area contributed by atoms with E-state index in [1.807, 2.05) is 0 Å². The molecule has 0 aromatic heterocycles. The minimum atomic E-state index is -1.55. The predicted molar refractivity (Wildman–Crippen MR) is 84.0 cm³/mol. The summed E-state index contributed by atoms with van der Waals surface area (Å²) in [4.78, 5) is 23.9. The number of nitrogens with two attached hydrogens (primary N) is 1. The van der Waals surface area contributed by atoms with Crippen molar-refractivity contribution in [2.45, 2.75) is 52.0 Å². The average molecular weight is 338 g/mol. The number of hydrogen-bond donors (Lipinski definition) is 3. The Balaban J connectivity index is 0.000000307. The molecule has 0 aromatic rings. The van der Waals surface area contributed by atoms with E-state index in [9.17, 15) is 19.8 Å². The number of hydrogen-bond acceptors (Lipinski definition) is 4. The van der Waals surface area contributed by atoms with Crippen molar-refractivity contribution in [2.24, 2.45) is 0 Å². The molecule has 2 rings (SSSR count). The van der Waals surface area contributed by atoms with Gasteiger partial charge in [-0.05, 0) is 25.5 Å². The minimum absolute atomic E-state index is 0.384. The van der Waals surface area contributed by atoms with Gasteiger partial charge in [0, 0.05) is 12.8 Å². The van der Waals surface area contributed by atoms with Crippen LogP contribution in [-0.4, -0.2) is 37.4 Å². The molecule has 0 bridgehead atoms. The summed E-state index contributed by atoms with van der Waals surface area (Å²) in [5, 5.41) is 21.4. The van der Waals surface area contributed by atoms with E-state index in [4.69, 9.17) is 0 Å². The molecule has 24 heavy (non-hydrogen) atoms. The maximum Gasteiger partial charge on any atom is 0.334 e. The molecule has 2 atom stereocenters. The molecule has 0 radical (unpaired) electrons. The molecule has 134 valence electrons. The van der Waals surface area contributed by atoms with Crippen molar-refractivity contribution >= 4 is 18.3 Å². The van der Waals surface area contributed by atoms with Crippen LogP contribution in [-0.2, 0) is 9.59 Å². The van der Waals surface area contributed by atoms with Crippen LogP contribution in [0.25, 0.3) is 0 Å². The number of carboxylic acid groups (broad SMARTS) is 2. The maximum absolute atomic E-state index is 9.41. The number of rotatable bonds is 7. The normalized spacial score (nSPS) is 22.2. The van der Waals surface area contributed by atoms with Gasteiger partial charge in [0.05, 0.1) is 37.5 Å². The number of carbonyl (C=O) groups excluding carboxylic acids is 2. The summed E-state index contributed by atoms with van der Waals surface area (Å²) in [5.41, 5.74) is 3.14. The van der Waals surface area contributed by atoms with Crippen molar-refractivity contribution in [2.75, 3.05) is 13.1 Å². The quantitative estimate of drug-likeness (QED) is 0.319. The highest BCUT2D eigenvalue weighted by molar-refractivity contribution is 5.87. The number of aliphatic carboxylic acids is 2. The van der Waals surface area contributed by atoms with E-state index in [0.717, 1.165) is 6.04 Å². The molecule has 0 saturated heterocycles. The zero-order valence-electron chi connectivity index (χ0n) is 14.5. The largest absolute Gasteiger partial charge is 0.545 e. The lowest BCUT2D eigenvalue weighted by molar-refractivity contribution is -0.762. The first-order valence-electron chi connectivity index (χ1n) is 8.59. The van der Waals surface area contributed by atoms with Crippen molar-refractivity contribution in [3.05, 3.63) is 23.5 Å². The molecule has 0 saturated carbocycles. The van der Waals surface area contributed by atoms with Gasteiger partial charge in [-0.2, -0.15) is 4.99 Å². The summed E-state index contributed by atoms with van der Waals surface area (Å²) in [5.74, 6) is -3.09. The summed E-state index contributed by atoms with van der Waals surface area (Å²) < 4.78 is 0. The van der Waals surface area contributed by atoms with Crippen molar-refractivity contribution in [1.29, 1.82) is 0 Å². The van der Waals surface area contributed by atoms with Crippen molar-refractivity contribution < 1.29 is 35.0 Å². The molecule has 1 heterocycles. The second-order valence-corrected chi connectivity index (χ2v) is 5.98. The second kappa shape index (κ2) is 10.7. The molecule has 0 amide bonds. The first-order chi connectivity index (χ1) is 11.5. The van der Waals surface area contributed by atoms with Gasteiger partial charge in [-0.25, -0.2) is 4.90 Å². The van der Waals surface area contributed by atoms with Crippen molar-refractivity contribution in [3.63, 3.8) is 0 Å². The number of nitrogens with one attached hydrogen (secondary N) is 2. The fourth-order valence-corrected chi connectivity index (χ4v) is 2.94. The van der Waals surface area contributed by atoms with Crippen LogP contribution in [0.15, 0.2) is 23.5 Å². The Kier molecular flexibility index (Phi) is 8.96. The molecule has 1 aliphatic carbocycles. The van der Waals surface area contributed by atoms with E-state index >= 15 is 0 Å². The lowest BCUT2D eigenvalue weighted by Crippen LogP contribution is -3.10. The van der Waals surface area contributed by atoms with Gasteiger partial charge in [-0.15, -0.1) is 0 Å². The van der Waals surface area contributed by atoms with Crippen LogP contribution < -0.4 is 25.4 Å². The molecule has 1 aliphatic heterocycles. The van der Waals surface area contributed by atoms with Crippen LogP contribution in [0.5, 0.6) is 0 Å². The molecule has 2 aliphatic rings. The van der Waals surface area contributed by atoms with Crippen LogP contribution in [0.4, 0.5) is 0 Å². The number of allylic oxidation sites excluding steroid dienone is 1. The van der Waals surface area contributed by atoms with Gasteiger partial charge >= 0.3 is 6.34 Å². The Morgan fingerprint density at radius 3 is 2.54 bits per heavy atom. The van der Waals surface area contributed by atoms with E-state index in [2.05, 4.69) is 30.5 Å². The van der Waals surface area contributed by atoms with Gasteiger partial charge in [0.15, 0.2) is 5.70 Å². The monoisotopic (exact) mass is 338 g/mol. The van der Waals surface area contributed by atoms with Gasteiger partial charge in [0.25, 0.3) is 0 Å². The predicted octanol–water partition coefficient (Wildman–Crippen LogP) is -4.82. The van der Waals surface area contributed by atoms with Gasteiger partial charge in [-0.3, -0.25) is 0 Å². The molecule has 7 nitrogen and oxygen atoms in total. The molecule has 0 aromatic carbocycles. The highest BCUT2D eigenvalue weighted by Crippen LogP contribution is 2.15. The van der Waals surface area contributed by atoms with Gasteiger partial charge in [0.2, 0.25) is 5.70 Å². The third kappa shape index (κ3) is 7.06. The Morgan fingerprint density at radius 1 is 1.33 bits per heavy atom. The van der Waals surface area contributed by atoms with E-state index < -0.39 is 11.9 Å². The Labute approximate surface area is 142 Å². The first kappa shape index (κ1) is 20.1. The molecule has 4 N–H and O–H groups in total. The fourth-order valence-electron chi connectivity index (χ4n) is 2.94. The maximum atomic E-state index is 9.41. The lowest BCUT2D eigenvalue weighted by atomic mass is 9.96. The zero-order chi connectivity index (χ0) is 17.9. The molecular weight excluding hydrogens is 310 g/mol. The summed E-state index contributed by atoms with van der Waals surface area (Å²) in [6, 6.07) is 0.822. The lowest BCUT2D eigenvalue weighted by Gasteiger charge is -2.19. The zero-order valence-corrected chi connectivity index (χ0v) is 14.5. The van der Waals surface area contributed by atoms with Gasteiger partial charge in [0.1, 0.15) is 0 Å². The highest BCUT2D eigenvalue weighted by Gasteiger charge is 2.36. The third-order valence-electron chi connectivity index (χ3n) is 4.20. The first-order valence-corrected chi connectivity index (χ1v) is 8.59. The molecule has 7 heteroatoms. The Morgan fingerprint density at radius 2 is 2.00 bits per heavy atom. The summed E-state index contributed by atoms with van der Waals surface area (Å²) in [6.45, 7) is 7.00.